The molecule has 0 bridgehead atoms. The maximum atomic E-state index is 12.2. The molecule has 0 aliphatic heterocycles. The van der Waals surface area contributed by atoms with Crippen molar-refractivity contribution in [3.05, 3.63) is 80.4 Å². The van der Waals surface area contributed by atoms with Gasteiger partial charge in [0.1, 0.15) is 5.82 Å². The predicted molar refractivity (Wildman–Crippen MR) is 113 cm³/mol. The summed E-state index contributed by atoms with van der Waals surface area (Å²) in [6, 6.07) is 12.2. The molecule has 0 radical (unpaired) electrons. The zero-order chi connectivity index (χ0) is 20.3. The van der Waals surface area contributed by atoms with Crippen LogP contribution in [0.1, 0.15) is 10.4 Å². The number of nitrogens with zero attached hydrogens (tertiary/aromatic N) is 1. The molecule has 0 spiro atoms. The number of hydrogen-bond acceptors (Lipinski definition) is 3. The first-order valence-corrected chi connectivity index (χ1v) is 9.34. The highest BCUT2D eigenvalue weighted by Crippen LogP contribution is 2.30. The Labute approximate surface area is 180 Å². The number of carbonyl (C=O) groups excluding carboxylic acids is 2. The van der Waals surface area contributed by atoms with Crippen molar-refractivity contribution in [2.45, 2.75) is 0 Å². The van der Waals surface area contributed by atoms with Crippen molar-refractivity contribution in [3.63, 3.8) is 0 Å². The van der Waals surface area contributed by atoms with E-state index in [1.54, 1.807) is 36.4 Å². The zero-order valence-electron chi connectivity index (χ0n) is 14.0. The van der Waals surface area contributed by atoms with Gasteiger partial charge < -0.3 is 0 Å². The number of amides is 3. The third kappa shape index (κ3) is 4.75. The highest BCUT2D eigenvalue weighted by molar-refractivity contribution is 6.40. The number of anilines is 1. The van der Waals surface area contributed by atoms with Gasteiger partial charge in [0.2, 0.25) is 0 Å². The van der Waals surface area contributed by atoms with E-state index in [9.17, 15) is 9.59 Å². The number of pyridine rings is 1. The van der Waals surface area contributed by atoms with E-state index >= 15 is 0 Å². The second-order valence-corrected chi connectivity index (χ2v) is 7.22. The molecule has 2 aromatic carbocycles. The summed E-state index contributed by atoms with van der Waals surface area (Å²) in [6.45, 7) is 0. The van der Waals surface area contributed by atoms with Gasteiger partial charge in [-0.1, -0.05) is 58.5 Å². The Morgan fingerprint density at radius 3 is 2.18 bits per heavy atom. The van der Waals surface area contributed by atoms with Crippen LogP contribution in [0, 0.1) is 0 Å². The number of rotatable bonds is 3. The lowest BCUT2D eigenvalue weighted by Gasteiger charge is -2.09. The monoisotopic (exact) mass is 453 g/mol. The highest BCUT2D eigenvalue weighted by Gasteiger charge is 2.17. The Morgan fingerprint density at radius 1 is 0.857 bits per heavy atom. The number of nitrogens with one attached hydrogen (secondary N) is 2. The SMILES string of the molecule is O=C(NC(=O)c1c(Cl)cccc1Cl)Nc1ccc(-c2ccc(Cl)cc2Cl)cn1. The third-order valence-electron chi connectivity index (χ3n) is 3.66. The second kappa shape index (κ2) is 8.80. The minimum absolute atomic E-state index is 0.0154. The average molecular weight is 455 g/mol. The molecule has 0 atom stereocenters. The van der Waals surface area contributed by atoms with Crippen LogP contribution in [0.15, 0.2) is 54.7 Å². The van der Waals surface area contributed by atoms with Crippen molar-refractivity contribution in [1.82, 2.24) is 10.3 Å². The molecule has 0 aliphatic rings. The van der Waals surface area contributed by atoms with Gasteiger partial charge in [0, 0.05) is 27.4 Å². The van der Waals surface area contributed by atoms with Gasteiger partial charge in [0.15, 0.2) is 0 Å². The van der Waals surface area contributed by atoms with Crippen molar-refractivity contribution in [1.29, 1.82) is 0 Å². The van der Waals surface area contributed by atoms with Crippen molar-refractivity contribution in [3.8, 4) is 11.1 Å². The summed E-state index contributed by atoms with van der Waals surface area (Å²) < 4.78 is 0. The van der Waals surface area contributed by atoms with E-state index < -0.39 is 11.9 Å². The number of carbonyl (C=O) groups is 2. The zero-order valence-corrected chi connectivity index (χ0v) is 17.0. The molecule has 0 aliphatic carbocycles. The van der Waals surface area contributed by atoms with Crippen LogP contribution in [-0.4, -0.2) is 16.9 Å². The van der Waals surface area contributed by atoms with Crippen LogP contribution in [0.2, 0.25) is 20.1 Å². The molecule has 0 saturated heterocycles. The lowest BCUT2D eigenvalue weighted by Crippen LogP contribution is -2.34. The first-order valence-electron chi connectivity index (χ1n) is 7.83. The smallest absolute Gasteiger partial charge is 0.292 e. The van der Waals surface area contributed by atoms with Gasteiger partial charge in [-0.3, -0.25) is 15.4 Å². The van der Waals surface area contributed by atoms with E-state index in [1.165, 1.54) is 18.3 Å². The molecule has 1 aromatic heterocycles. The Balaban J connectivity index is 1.68. The van der Waals surface area contributed by atoms with E-state index in [2.05, 4.69) is 15.6 Å². The largest absolute Gasteiger partial charge is 0.327 e. The molecule has 142 valence electrons. The summed E-state index contributed by atoms with van der Waals surface area (Å²) >= 11 is 24.0. The molecule has 9 heteroatoms. The molecule has 1 heterocycles. The third-order valence-corrected chi connectivity index (χ3v) is 4.84. The second-order valence-electron chi connectivity index (χ2n) is 5.56. The number of hydrogen-bond donors (Lipinski definition) is 2. The molecular formula is C19H11Cl4N3O2. The van der Waals surface area contributed by atoms with Gasteiger partial charge >= 0.3 is 6.03 Å². The predicted octanol–water partition coefficient (Wildman–Crippen LogP) is 6.32. The van der Waals surface area contributed by atoms with E-state index in [0.29, 0.717) is 10.0 Å². The summed E-state index contributed by atoms with van der Waals surface area (Å²) in [7, 11) is 0. The lowest BCUT2D eigenvalue weighted by atomic mass is 10.1. The number of benzene rings is 2. The van der Waals surface area contributed by atoms with Crippen LogP contribution in [0.4, 0.5) is 10.6 Å². The summed E-state index contributed by atoms with van der Waals surface area (Å²) in [5.41, 5.74) is 1.51. The lowest BCUT2D eigenvalue weighted by molar-refractivity contribution is 0.0967. The summed E-state index contributed by atoms with van der Waals surface area (Å²) in [5, 5.41) is 5.90. The van der Waals surface area contributed by atoms with Gasteiger partial charge in [-0.25, -0.2) is 9.78 Å². The minimum atomic E-state index is -0.772. The Bertz CT molecular complexity index is 1040. The molecule has 0 unspecified atom stereocenters. The van der Waals surface area contributed by atoms with Gasteiger partial charge in [0.25, 0.3) is 5.91 Å². The van der Waals surface area contributed by atoms with Crippen LogP contribution >= 0.6 is 46.4 Å². The molecule has 2 N–H and O–H groups in total. The molecule has 5 nitrogen and oxygen atoms in total. The summed E-state index contributed by atoms with van der Waals surface area (Å²) in [4.78, 5) is 28.4. The van der Waals surface area contributed by atoms with Gasteiger partial charge in [0.05, 0.1) is 15.6 Å². The van der Waals surface area contributed by atoms with Crippen molar-refractivity contribution in [2.75, 3.05) is 5.32 Å². The Kier molecular flexibility index (Phi) is 6.42. The van der Waals surface area contributed by atoms with Gasteiger partial charge in [-0.05, 0) is 36.4 Å². The van der Waals surface area contributed by atoms with E-state index in [0.717, 1.165) is 11.1 Å². The molecule has 28 heavy (non-hydrogen) atoms. The Hall–Kier alpha value is -2.31. The molecule has 0 fully saturated rings. The quantitative estimate of drug-likeness (QED) is 0.486. The van der Waals surface area contributed by atoms with Crippen LogP contribution in [0.25, 0.3) is 11.1 Å². The normalized spacial score (nSPS) is 10.4. The van der Waals surface area contributed by atoms with Gasteiger partial charge in [-0.15, -0.1) is 0 Å². The molecule has 0 saturated carbocycles. The van der Waals surface area contributed by atoms with Crippen LogP contribution < -0.4 is 10.6 Å². The van der Waals surface area contributed by atoms with E-state index in [1.807, 2.05) is 0 Å². The van der Waals surface area contributed by atoms with Gasteiger partial charge in [-0.2, -0.15) is 0 Å². The van der Waals surface area contributed by atoms with Crippen LogP contribution in [0.3, 0.4) is 0 Å². The van der Waals surface area contributed by atoms with E-state index in [4.69, 9.17) is 46.4 Å². The van der Waals surface area contributed by atoms with Crippen LogP contribution in [-0.2, 0) is 0 Å². The standard InChI is InChI=1S/C19H11Cl4N3O2/c20-11-5-6-12(15(23)8-11)10-4-7-16(24-9-10)25-19(28)26-18(27)17-13(21)2-1-3-14(17)22/h1-9H,(H2,24,25,26,27,28). The first-order chi connectivity index (χ1) is 13.3. The van der Waals surface area contributed by atoms with Crippen LogP contribution in [0.5, 0.6) is 0 Å². The fourth-order valence-corrected chi connectivity index (χ4v) is 3.47. The molecule has 3 rings (SSSR count). The maximum Gasteiger partial charge on any atom is 0.327 e. The van der Waals surface area contributed by atoms with Crippen molar-refractivity contribution in [2.24, 2.45) is 0 Å². The Morgan fingerprint density at radius 2 is 1.57 bits per heavy atom. The fraction of sp³-hybridized carbons (Fsp3) is 0. The number of imide groups is 1. The number of aromatic nitrogens is 1. The average Bonchev–Trinajstić information content (AvgIpc) is 2.62. The van der Waals surface area contributed by atoms with E-state index in [-0.39, 0.29) is 21.4 Å². The molecule has 3 amide bonds. The number of urea groups is 1. The minimum Gasteiger partial charge on any atom is -0.292 e. The fourth-order valence-electron chi connectivity index (χ4n) is 2.38. The maximum absolute atomic E-state index is 12.2. The summed E-state index contributed by atoms with van der Waals surface area (Å²) in [6.07, 6.45) is 1.54. The number of halogens is 4. The molecular weight excluding hydrogens is 444 g/mol. The topological polar surface area (TPSA) is 71.1 Å². The van der Waals surface area contributed by atoms with Crippen molar-refractivity contribution < 1.29 is 9.59 Å². The highest BCUT2D eigenvalue weighted by atomic mass is 35.5. The first kappa shape index (κ1) is 20.4. The molecule has 3 aromatic rings. The van der Waals surface area contributed by atoms with Crippen molar-refractivity contribution >= 4 is 64.2 Å². The summed E-state index contributed by atoms with van der Waals surface area (Å²) in [5.74, 6) is -0.484.